The molecule has 6 rings (SSSR count). The van der Waals surface area contributed by atoms with Gasteiger partial charge in [0.1, 0.15) is 28.7 Å². The molecule has 0 unspecified atom stereocenters. The summed E-state index contributed by atoms with van der Waals surface area (Å²) >= 11 is 6.60. The molecule has 27 heteroatoms. The van der Waals surface area contributed by atoms with Crippen LogP contribution < -0.4 is 39.1 Å². The number of carbonyl (C=O) groups is 10. The fourth-order valence-electron chi connectivity index (χ4n) is 9.74. The predicted octanol–water partition coefficient (Wildman–Crippen LogP) is 13.8. The average molecular weight is 1540 g/mol. The molecular formula is C83H97ClN4O22. The second-order valence-electron chi connectivity index (χ2n) is 24.3. The molecule has 26 nitrogen and oxygen atoms in total. The number of rotatable bonds is 46. The lowest BCUT2D eigenvalue weighted by atomic mass is 10.1. The quantitative estimate of drug-likeness (QED) is 0.0118. The van der Waals surface area contributed by atoms with Gasteiger partial charge in [-0.15, -0.1) is 0 Å². The monoisotopic (exact) mass is 1540 g/mol. The van der Waals surface area contributed by atoms with Crippen LogP contribution in [0.3, 0.4) is 0 Å². The molecule has 0 radical (unpaired) electrons. The van der Waals surface area contributed by atoms with Crippen molar-refractivity contribution in [2.24, 2.45) is 0 Å². The minimum atomic E-state index is -0.749. The Morgan fingerprint density at radius 1 is 0.418 bits per heavy atom. The SMILES string of the molecule is C=C(C)C(=O)OCCCCOc1ccc(C(=O)Nc2cc(C)c(OC(=O)c3ccc(OCCCCOC(=O)C(=C)C)cc3)c(C(=O)N(CCOC)CCOC)c2)cc1.C=CC(=O)OCCCCOc1ccc(C(=O)Nc2cc(Cl)c(OC(=O)c3ccc(OCCCCOC(=O)C=C)cc3)c(C(=O)N(CC)CC)c2)cc1. The Balaban J connectivity index is 0.000000396. The molecule has 0 aliphatic rings. The first-order valence-corrected chi connectivity index (χ1v) is 36.1. The van der Waals surface area contributed by atoms with Crippen molar-refractivity contribution in [2.75, 3.05) is 117 Å². The number of hydrogen-bond acceptors (Lipinski definition) is 22. The van der Waals surface area contributed by atoms with Crippen molar-refractivity contribution in [1.29, 1.82) is 0 Å². The zero-order valence-corrected chi connectivity index (χ0v) is 64.1. The molecule has 0 aliphatic carbocycles. The smallest absolute Gasteiger partial charge is 0.343 e. The highest BCUT2D eigenvalue weighted by molar-refractivity contribution is 6.33. The van der Waals surface area contributed by atoms with E-state index in [2.05, 4.69) is 36.9 Å². The van der Waals surface area contributed by atoms with E-state index in [1.807, 2.05) is 13.8 Å². The van der Waals surface area contributed by atoms with E-state index in [9.17, 15) is 47.9 Å². The molecule has 0 spiro atoms. The summed E-state index contributed by atoms with van der Waals surface area (Å²) in [6, 6.07) is 31.7. The molecule has 0 aromatic heterocycles. The molecule has 0 saturated heterocycles. The van der Waals surface area contributed by atoms with Gasteiger partial charge in [-0.25, -0.2) is 28.8 Å². The maximum Gasteiger partial charge on any atom is 0.343 e. The Labute approximate surface area is 646 Å². The molecule has 110 heavy (non-hydrogen) atoms. The zero-order valence-electron chi connectivity index (χ0n) is 63.3. The van der Waals surface area contributed by atoms with E-state index in [1.165, 1.54) is 54.4 Å². The number of aryl methyl sites for hydroxylation is 1. The number of carbonyl (C=O) groups excluding carboxylic acids is 10. The number of ether oxygens (including phenoxy) is 12. The average Bonchev–Trinajstić information content (AvgIpc) is 0.801. The topological polar surface area (TPSA) is 312 Å². The van der Waals surface area contributed by atoms with E-state index in [-0.39, 0.29) is 97.2 Å². The Morgan fingerprint density at radius 3 is 1.08 bits per heavy atom. The molecule has 0 aliphatic heterocycles. The van der Waals surface area contributed by atoms with Crippen LogP contribution in [0.2, 0.25) is 5.02 Å². The van der Waals surface area contributed by atoms with E-state index in [0.29, 0.717) is 147 Å². The second-order valence-corrected chi connectivity index (χ2v) is 24.7. The molecule has 4 amide bonds. The van der Waals surface area contributed by atoms with Crippen LogP contribution in [0.25, 0.3) is 0 Å². The summed E-state index contributed by atoms with van der Waals surface area (Å²) in [5.41, 5.74) is 2.81. The number of halogens is 1. The fraction of sp³-hybridized carbons (Fsp3) is 0.349. The van der Waals surface area contributed by atoms with Crippen molar-refractivity contribution in [1.82, 2.24) is 9.80 Å². The largest absolute Gasteiger partial charge is 0.494 e. The van der Waals surface area contributed by atoms with Crippen LogP contribution in [0.4, 0.5) is 11.4 Å². The van der Waals surface area contributed by atoms with E-state index in [0.717, 1.165) is 12.2 Å². The van der Waals surface area contributed by atoms with Gasteiger partial charge in [0, 0.05) is 86.2 Å². The molecule has 0 bridgehead atoms. The first-order valence-electron chi connectivity index (χ1n) is 35.7. The molecular weight excluding hydrogens is 1440 g/mol. The first-order chi connectivity index (χ1) is 52.9. The van der Waals surface area contributed by atoms with Crippen LogP contribution in [-0.4, -0.2) is 176 Å². The van der Waals surface area contributed by atoms with Crippen molar-refractivity contribution in [3.05, 3.63) is 215 Å². The van der Waals surface area contributed by atoms with Gasteiger partial charge >= 0.3 is 35.8 Å². The summed E-state index contributed by atoms with van der Waals surface area (Å²) in [6.45, 7) is 26.7. The minimum absolute atomic E-state index is 0.00146. The van der Waals surface area contributed by atoms with Crippen molar-refractivity contribution < 1.29 is 105 Å². The molecule has 0 fully saturated rings. The highest BCUT2D eigenvalue weighted by Crippen LogP contribution is 2.36. The van der Waals surface area contributed by atoms with E-state index in [1.54, 1.807) is 112 Å². The van der Waals surface area contributed by atoms with Crippen LogP contribution in [0, 0.1) is 6.92 Å². The van der Waals surface area contributed by atoms with E-state index >= 15 is 0 Å². The van der Waals surface area contributed by atoms with Gasteiger partial charge < -0.3 is 77.3 Å². The number of unbranched alkanes of at least 4 members (excludes halogenated alkanes) is 4. The number of anilines is 2. The number of benzene rings is 6. The number of esters is 6. The summed E-state index contributed by atoms with van der Waals surface area (Å²) in [4.78, 5) is 129. The number of amides is 4. The Morgan fingerprint density at radius 2 is 0.736 bits per heavy atom. The second kappa shape index (κ2) is 48.6. The maximum absolute atomic E-state index is 14.1. The number of hydrogen-bond donors (Lipinski definition) is 2. The first kappa shape index (κ1) is 89.0. The Kier molecular flexibility index (Phi) is 39.4. The normalized spacial score (nSPS) is 10.5. The summed E-state index contributed by atoms with van der Waals surface area (Å²) < 4.78 is 65.0. The van der Waals surface area contributed by atoms with Crippen LogP contribution in [0.1, 0.15) is 147 Å². The summed E-state index contributed by atoms with van der Waals surface area (Å²) in [5, 5.41) is 5.56. The van der Waals surface area contributed by atoms with Crippen molar-refractivity contribution >= 4 is 82.4 Å². The lowest BCUT2D eigenvalue weighted by molar-refractivity contribution is -0.139. The van der Waals surface area contributed by atoms with Gasteiger partial charge in [-0.1, -0.05) is 37.9 Å². The van der Waals surface area contributed by atoms with Gasteiger partial charge in [-0.2, -0.15) is 0 Å². The van der Waals surface area contributed by atoms with Crippen molar-refractivity contribution in [2.45, 2.75) is 86.0 Å². The van der Waals surface area contributed by atoms with Gasteiger partial charge in [0.15, 0.2) is 5.75 Å². The van der Waals surface area contributed by atoms with Crippen molar-refractivity contribution in [3.63, 3.8) is 0 Å². The molecule has 0 heterocycles. The maximum atomic E-state index is 14.1. The van der Waals surface area contributed by atoms with Gasteiger partial charge in [-0.05, 0) is 213 Å². The van der Waals surface area contributed by atoms with Crippen LogP contribution in [0.5, 0.6) is 34.5 Å². The lowest BCUT2D eigenvalue weighted by Gasteiger charge is -2.24. The number of methoxy groups -OCH3 is 2. The van der Waals surface area contributed by atoms with Crippen LogP contribution >= 0.6 is 11.6 Å². The molecule has 588 valence electrons. The highest BCUT2D eigenvalue weighted by atomic mass is 35.5. The fourth-order valence-corrected chi connectivity index (χ4v) is 10.0. The molecule has 2 N–H and O–H groups in total. The summed E-state index contributed by atoms with van der Waals surface area (Å²) in [6.07, 6.45) is 7.32. The summed E-state index contributed by atoms with van der Waals surface area (Å²) in [5.74, 6) is -2.94. The zero-order chi connectivity index (χ0) is 80.3. The summed E-state index contributed by atoms with van der Waals surface area (Å²) in [7, 11) is 3.05. The molecule has 0 atom stereocenters. The lowest BCUT2D eigenvalue weighted by Crippen LogP contribution is -2.37. The highest BCUT2D eigenvalue weighted by Gasteiger charge is 2.28. The third-order valence-electron chi connectivity index (χ3n) is 15.8. The third-order valence-corrected chi connectivity index (χ3v) is 16.1. The Hall–Kier alpha value is -11.6. The number of nitrogens with one attached hydrogen (secondary N) is 2. The van der Waals surface area contributed by atoms with Gasteiger partial charge in [0.25, 0.3) is 23.6 Å². The minimum Gasteiger partial charge on any atom is -0.494 e. The molecule has 6 aromatic rings. The number of nitrogens with zero attached hydrogens (tertiary/aromatic N) is 2. The van der Waals surface area contributed by atoms with Gasteiger partial charge in [-0.3, -0.25) is 19.2 Å². The predicted molar refractivity (Wildman–Crippen MR) is 414 cm³/mol. The van der Waals surface area contributed by atoms with E-state index in [4.69, 9.17) is 68.4 Å². The van der Waals surface area contributed by atoms with Gasteiger partial charge in [0.2, 0.25) is 0 Å². The molecule has 0 saturated carbocycles. The standard InChI is InChI=1S/C44H54N2O12.C39H43ClN2O10/c1-30(2)42(49)56-24-10-8-22-54-36-16-12-33(13-17-36)40(47)45-35-28-32(5)39(38(29-35)41(48)46(20-26-52-6)21-27-53-7)58-44(51)34-14-18-37(19-15-34)55-23-9-11-25-57-43(50)31(3)4;1-5-34(43)50-23-11-9-21-48-30-17-13-27(14-18-30)37(45)41-29-25-32(38(46)42(7-3)8-4)36(33(40)26-29)52-39(47)28-15-19-31(20-16-28)49-22-10-12-24-51-35(44)6-2/h12-19,28-29H,1,3,8-11,20-27H2,2,4-7H3,(H,45,47);5-6,13-20,25-26H,1-2,7-12,21-24H2,3-4H3,(H,41,45). The Bertz CT molecular complexity index is 4090. The van der Waals surface area contributed by atoms with E-state index < -0.39 is 59.4 Å². The van der Waals surface area contributed by atoms with Crippen LogP contribution in [-0.2, 0) is 47.6 Å². The van der Waals surface area contributed by atoms with Gasteiger partial charge in [0.05, 0.1) is 93.3 Å². The van der Waals surface area contributed by atoms with Crippen molar-refractivity contribution in [3.8, 4) is 34.5 Å². The van der Waals surface area contributed by atoms with Crippen LogP contribution in [0.15, 0.2) is 171 Å². The third kappa shape index (κ3) is 30.9. The molecule has 6 aromatic carbocycles.